The third kappa shape index (κ3) is 1.79. The van der Waals surface area contributed by atoms with Gasteiger partial charge in [-0.3, -0.25) is 9.59 Å². The lowest BCUT2D eigenvalue weighted by molar-refractivity contribution is -0.141. The number of hydrogen-bond donors (Lipinski definition) is 2. The van der Waals surface area contributed by atoms with Gasteiger partial charge in [0.25, 0.3) is 5.91 Å². The first-order chi connectivity index (χ1) is 10.1. The van der Waals surface area contributed by atoms with Gasteiger partial charge in [-0.05, 0) is 30.7 Å². The Bertz CT molecular complexity index is 666. The van der Waals surface area contributed by atoms with Crippen molar-refractivity contribution in [3.05, 3.63) is 42.0 Å². The molecule has 0 radical (unpaired) electrons. The summed E-state index contributed by atoms with van der Waals surface area (Å²) in [6.07, 6.45) is 6.07. The molecule has 1 saturated carbocycles. The molecule has 1 amide bonds. The molecule has 0 saturated heterocycles. The Balaban J connectivity index is 1.60. The van der Waals surface area contributed by atoms with Gasteiger partial charge in [0.2, 0.25) is 0 Å². The summed E-state index contributed by atoms with van der Waals surface area (Å²) in [4.78, 5) is 24.7. The molecule has 1 heterocycles. The molecule has 2 aliphatic carbocycles. The number of nitrogens with one attached hydrogen (secondary N) is 1. The van der Waals surface area contributed by atoms with E-state index in [0.717, 1.165) is 12.8 Å². The van der Waals surface area contributed by atoms with Crippen LogP contribution in [0.1, 0.15) is 24.8 Å². The standard InChI is InChI=1S/C17H17NO3/c19-15(12-8-10-5-6-11(12)7-10)9-17(21)13-3-1-2-4-14(13)18-16(17)20/h1-6,10-12,21H,7-9H2,(H,18,20)/t10-,11-,12+,17+/m0/s1. The number of carbonyl (C=O) groups is 2. The first-order valence-corrected chi connectivity index (χ1v) is 7.42. The Morgan fingerprint density at radius 3 is 2.81 bits per heavy atom. The number of aliphatic hydroxyl groups is 1. The van der Waals surface area contributed by atoms with E-state index in [4.69, 9.17) is 0 Å². The molecule has 4 nitrogen and oxygen atoms in total. The summed E-state index contributed by atoms with van der Waals surface area (Å²) >= 11 is 0. The fourth-order valence-corrected chi connectivity index (χ4v) is 4.01. The number of benzene rings is 1. The van der Waals surface area contributed by atoms with Crippen LogP contribution in [0.2, 0.25) is 0 Å². The molecule has 108 valence electrons. The van der Waals surface area contributed by atoms with Crippen molar-refractivity contribution in [1.29, 1.82) is 0 Å². The normalized spacial score (nSPS) is 35.9. The lowest BCUT2D eigenvalue weighted by Crippen LogP contribution is -2.38. The third-order valence-electron chi connectivity index (χ3n) is 5.12. The highest BCUT2D eigenvalue weighted by molar-refractivity contribution is 6.07. The zero-order chi connectivity index (χ0) is 14.6. The van der Waals surface area contributed by atoms with Crippen LogP contribution in [0.25, 0.3) is 0 Å². The van der Waals surface area contributed by atoms with Gasteiger partial charge in [0.05, 0.1) is 0 Å². The SMILES string of the molecule is O=C(C[C@]1(O)C(=O)Nc2ccccc21)[C@@H]1C[C@H]2C=C[C@H]1C2. The number of fused-ring (bicyclic) bond motifs is 3. The summed E-state index contributed by atoms with van der Waals surface area (Å²) in [5.41, 5.74) is -0.591. The summed E-state index contributed by atoms with van der Waals surface area (Å²) in [6.45, 7) is 0. The van der Waals surface area contributed by atoms with Crippen molar-refractivity contribution in [3.8, 4) is 0 Å². The fraction of sp³-hybridized carbons (Fsp3) is 0.412. The molecule has 1 aliphatic heterocycles. The zero-order valence-corrected chi connectivity index (χ0v) is 11.6. The van der Waals surface area contributed by atoms with E-state index in [-0.39, 0.29) is 18.1 Å². The van der Waals surface area contributed by atoms with E-state index in [1.165, 1.54) is 0 Å². The maximum absolute atomic E-state index is 12.6. The number of carbonyl (C=O) groups excluding carboxylic acids is 2. The predicted octanol–water partition coefficient (Wildman–Crippen LogP) is 2.00. The Morgan fingerprint density at radius 1 is 1.29 bits per heavy atom. The molecule has 1 aromatic carbocycles. The number of ketones is 1. The van der Waals surface area contributed by atoms with Crippen molar-refractivity contribution in [2.24, 2.45) is 17.8 Å². The minimum atomic E-state index is -1.71. The number of amides is 1. The van der Waals surface area contributed by atoms with Crippen LogP contribution in [0.5, 0.6) is 0 Å². The van der Waals surface area contributed by atoms with E-state index >= 15 is 0 Å². The van der Waals surface area contributed by atoms with Crippen LogP contribution in [-0.2, 0) is 15.2 Å². The summed E-state index contributed by atoms with van der Waals surface area (Å²) in [5.74, 6) is 0.274. The van der Waals surface area contributed by atoms with Crippen LogP contribution in [0.4, 0.5) is 5.69 Å². The first kappa shape index (κ1) is 12.8. The number of Topliss-reactive ketones (excluding diaryl/α,β-unsaturated/α-hetero) is 1. The maximum Gasteiger partial charge on any atom is 0.261 e. The van der Waals surface area contributed by atoms with E-state index in [2.05, 4.69) is 17.5 Å². The molecule has 0 aromatic heterocycles. The van der Waals surface area contributed by atoms with E-state index in [9.17, 15) is 14.7 Å². The lowest BCUT2D eigenvalue weighted by atomic mass is 9.81. The predicted molar refractivity (Wildman–Crippen MR) is 77.4 cm³/mol. The molecule has 0 spiro atoms. The molecule has 4 atom stereocenters. The molecule has 1 aromatic rings. The van der Waals surface area contributed by atoms with Gasteiger partial charge in [0.15, 0.2) is 5.60 Å². The number of rotatable bonds is 3. The van der Waals surface area contributed by atoms with Crippen molar-refractivity contribution in [2.45, 2.75) is 24.9 Å². The van der Waals surface area contributed by atoms with Crippen LogP contribution in [0.3, 0.4) is 0 Å². The van der Waals surface area contributed by atoms with Crippen LogP contribution in [0, 0.1) is 17.8 Å². The molecule has 1 fully saturated rings. The molecule has 21 heavy (non-hydrogen) atoms. The Kier molecular flexibility index (Phi) is 2.60. The number of allylic oxidation sites excluding steroid dienone is 2. The highest BCUT2D eigenvalue weighted by atomic mass is 16.3. The fourth-order valence-electron chi connectivity index (χ4n) is 4.01. The molecule has 4 heteroatoms. The number of anilines is 1. The number of para-hydroxylation sites is 1. The molecular weight excluding hydrogens is 266 g/mol. The first-order valence-electron chi connectivity index (χ1n) is 7.42. The number of hydrogen-bond acceptors (Lipinski definition) is 3. The minimum absolute atomic E-state index is 0.00111. The quantitative estimate of drug-likeness (QED) is 0.834. The van der Waals surface area contributed by atoms with Gasteiger partial charge in [-0.2, -0.15) is 0 Å². The highest BCUT2D eigenvalue weighted by Crippen LogP contribution is 2.46. The molecular formula is C17H17NO3. The highest BCUT2D eigenvalue weighted by Gasteiger charge is 2.49. The van der Waals surface area contributed by atoms with Crippen molar-refractivity contribution < 1.29 is 14.7 Å². The molecule has 2 bridgehead atoms. The molecule has 0 unspecified atom stereocenters. The second kappa shape index (κ2) is 4.28. The maximum atomic E-state index is 12.6. The van der Waals surface area contributed by atoms with Gasteiger partial charge in [-0.1, -0.05) is 30.4 Å². The minimum Gasteiger partial charge on any atom is -0.375 e. The van der Waals surface area contributed by atoms with E-state index in [1.54, 1.807) is 24.3 Å². The van der Waals surface area contributed by atoms with Gasteiger partial charge in [-0.25, -0.2) is 0 Å². The van der Waals surface area contributed by atoms with E-state index in [1.807, 2.05) is 0 Å². The Labute approximate surface area is 122 Å². The smallest absolute Gasteiger partial charge is 0.261 e. The third-order valence-corrected chi connectivity index (χ3v) is 5.12. The zero-order valence-electron chi connectivity index (χ0n) is 11.6. The lowest BCUT2D eigenvalue weighted by Gasteiger charge is -2.24. The molecule has 3 aliphatic rings. The Hall–Kier alpha value is -1.94. The Morgan fingerprint density at radius 2 is 2.10 bits per heavy atom. The average molecular weight is 283 g/mol. The van der Waals surface area contributed by atoms with Crippen LogP contribution < -0.4 is 5.32 Å². The largest absolute Gasteiger partial charge is 0.375 e. The van der Waals surface area contributed by atoms with Crippen molar-refractivity contribution in [3.63, 3.8) is 0 Å². The second-order valence-electron chi connectivity index (χ2n) is 6.39. The van der Waals surface area contributed by atoms with E-state index < -0.39 is 11.5 Å². The second-order valence-corrected chi connectivity index (χ2v) is 6.39. The summed E-state index contributed by atoms with van der Waals surface area (Å²) in [5, 5.41) is 13.4. The van der Waals surface area contributed by atoms with Gasteiger partial charge >= 0.3 is 0 Å². The van der Waals surface area contributed by atoms with Crippen molar-refractivity contribution in [1.82, 2.24) is 0 Å². The monoisotopic (exact) mass is 283 g/mol. The van der Waals surface area contributed by atoms with Gasteiger partial charge in [-0.15, -0.1) is 0 Å². The van der Waals surface area contributed by atoms with Gasteiger partial charge in [0, 0.05) is 23.6 Å². The van der Waals surface area contributed by atoms with Crippen LogP contribution in [-0.4, -0.2) is 16.8 Å². The molecule has 2 N–H and O–H groups in total. The van der Waals surface area contributed by atoms with Crippen molar-refractivity contribution in [2.75, 3.05) is 5.32 Å². The van der Waals surface area contributed by atoms with Crippen LogP contribution >= 0.6 is 0 Å². The average Bonchev–Trinajstić information content (AvgIpc) is 3.15. The summed E-state index contributed by atoms with van der Waals surface area (Å²) < 4.78 is 0. The topological polar surface area (TPSA) is 66.4 Å². The van der Waals surface area contributed by atoms with Crippen LogP contribution in [0.15, 0.2) is 36.4 Å². The summed E-state index contributed by atoms with van der Waals surface area (Å²) in [6, 6.07) is 7.03. The van der Waals surface area contributed by atoms with Gasteiger partial charge in [0.1, 0.15) is 5.78 Å². The summed E-state index contributed by atoms with van der Waals surface area (Å²) in [7, 11) is 0. The van der Waals surface area contributed by atoms with Crippen molar-refractivity contribution >= 4 is 17.4 Å². The van der Waals surface area contributed by atoms with Gasteiger partial charge < -0.3 is 10.4 Å². The molecule has 4 rings (SSSR count). The van der Waals surface area contributed by atoms with E-state index in [0.29, 0.717) is 23.1 Å².